The van der Waals surface area contributed by atoms with Crippen molar-refractivity contribution >= 4 is 5.97 Å². The van der Waals surface area contributed by atoms with Gasteiger partial charge in [0.1, 0.15) is 18.8 Å². The van der Waals surface area contributed by atoms with Gasteiger partial charge in [-0.25, -0.2) is 4.79 Å². The second-order valence-corrected chi connectivity index (χ2v) is 9.26. The summed E-state index contributed by atoms with van der Waals surface area (Å²) in [7, 11) is 0. The first-order valence-corrected chi connectivity index (χ1v) is 11.5. The Morgan fingerprint density at radius 2 is 1.91 bits per heavy atom. The summed E-state index contributed by atoms with van der Waals surface area (Å²) in [5.41, 5.74) is 4.19. The topological polar surface area (TPSA) is 119 Å². The van der Waals surface area contributed by atoms with E-state index >= 15 is 0 Å². The van der Waals surface area contributed by atoms with E-state index in [1.807, 2.05) is 19.1 Å². The number of β-amino-alcohol motifs (C(OH)–C–C–N with tert-alkyl or cyclic N) is 1. The molecule has 5 rings (SSSR count). The quantitative estimate of drug-likeness (QED) is 0.605. The smallest absolute Gasteiger partial charge is 0.338 e. The molecule has 1 aromatic carbocycles. The van der Waals surface area contributed by atoms with Gasteiger partial charge in [-0.2, -0.15) is 5.26 Å². The number of aliphatic hydroxyl groups excluding tert-OH is 2. The Bertz CT molecular complexity index is 1100. The van der Waals surface area contributed by atoms with Crippen LogP contribution in [-0.4, -0.2) is 82.4 Å². The summed E-state index contributed by atoms with van der Waals surface area (Å²) in [6, 6.07) is 9.17. The molecule has 1 aromatic heterocycles. The minimum atomic E-state index is -0.745. The lowest BCUT2D eigenvalue weighted by Crippen LogP contribution is -2.65. The Morgan fingerprint density at radius 1 is 1.15 bits per heavy atom. The fourth-order valence-electron chi connectivity index (χ4n) is 5.30. The van der Waals surface area contributed by atoms with Crippen LogP contribution in [-0.2, 0) is 16.1 Å². The van der Waals surface area contributed by atoms with E-state index in [0.29, 0.717) is 56.2 Å². The van der Waals surface area contributed by atoms with Crippen molar-refractivity contribution in [3.05, 3.63) is 64.0 Å². The molecular formula is C25H28N4O5. The van der Waals surface area contributed by atoms with Gasteiger partial charge in [0.2, 0.25) is 0 Å². The van der Waals surface area contributed by atoms with E-state index in [2.05, 4.69) is 14.8 Å². The van der Waals surface area contributed by atoms with Crippen molar-refractivity contribution in [1.29, 1.82) is 5.26 Å². The number of morpholine rings is 1. The van der Waals surface area contributed by atoms with Gasteiger partial charge < -0.3 is 19.7 Å². The highest BCUT2D eigenvalue weighted by molar-refractivity contribution is 5.93. The van der Waals surface area contributed by atoms with Gasteiger partial charge in [0.25, 0.3) is 0 Å². The zero-order chi connectivity index (χ0) is 23.8. The first kappa shape index (κ1) is 22.9. The Labute approximate surface area is 198 Å². The zero-order valence-electron chi connectivity index (χ0n) is 19.1. The molecule has 178 valence electrons. The number of piperazine rings is 1. The van der Waals surface area contributed by atoms with Crippen LogP contribution in [0.25, 0.3) is 0 Å². The first-order chi connectivity index (χ1) is 16.4. The third-order valence-electron chi connectivity index (χ3n) is 7.14. The molecule has 0 radical (unpaired) electrons. The van der Waals surface area contributed by atoms with Crippen LogP contribution < -0.4 is 0 Å². The van der Waals surface area contributed by atoms with Crippen molar-refractivity contribution in [2.75, 3.05) is 39.4 Å². The zero-order valence-corrected chi connectivity index (χ0v) is 19.1. The van der Waals surface area contributed by atoms with E-state index in [1.165, 1.54) is 6.20 Å². The molecule has 9 heteroatoms. The number of cyclic esters (lactones) is 1. The number of benzene rings is 1. The third kappa shape index (κ3) is 4.31. The number of aromatic nitrogens is 1. The van der Waals surface area contributed by atoms with Gasteiger partial charge in [0.15, 0.2) is 0 Å². The number of hydrogen-bond acceptors (Lipinski definition) is 9. The lowest BCUT2D eigenvalue weighted by atomic mass is 9.94. The first-order valence-electron chi connectivity index (χ1n) is 11.5. The van der Waals surface area contributed by atoms with Gasteiger partial charge in [-0.3, -0.25) is 14.8 Å². The average Bonchev–Trinajstić information content (AvgIpc) is 3.21. The van der Waals surface area contributed by atoms with Crippen LogP contribution >= 0.6 is 0 Å². The Hall–Kier alpha value is -2.87. The number of pyridine rings is 1. The number of hydrogen-bond donors (Lipinski definition) is 2. The standard InChI is InChI=1S/C25H28N4O5/c1-15-19(3-4-20-21(15)14-34-25(20)32)23(30)11-29-17-8-28(9-18(29)13-33-12-17)10-24(31)22-5-2-16(6-26)7-27-22/h2-5,7,17-18,23-24,30-31H,8-14H2,1H3/t17?,18?,23-,24?/m0/s1. The molecule has 0 aliphatic carbocycles. The van der Waals surface area contributed by atoms with Crippen molar-refractivity contribution in [1.82, 2.24) is 14.8 Å². The van der Waals surface area contributed by atoms with E-state index < -0.39 is 12.2 Å². The number of esters is 1. The van der Waals surface area contributed by atoms with Gasteiger partial charge >= 0.3 is 5.97 Å². The SMILES string of the molecule is Cc1c([C@@H](O)CN2C3COCC2CN(CC(O)c2ccc(C#N)cn2)C3)ccc2c1COC2=O. The highest BCUT2D eigenvalue weighted by atomic mass is 16.5. The van der Waals surface area contributed by atoms with Crippen LogP contribution in [0.15, 0.2) is 30.5 Å². The summed E-state index contributed by atoms with van der Waals surface area (Å²) >= 11 is 0. The molecular weight excluding hydrogens is 436 g/mol. The summed E-state index contributed by atoms with van der Waals surface area (Å²) in [4.78, 5) is 20.6. The molecule has 4 heterocycles. The fraction of sp³-hybridized carbons (Fsp3) is 0.480. The number of fused-ring (bicyclic) bond motifs is 3. The molecule has 3 aliphatic heterocycles. The largest absolute Gasteiger partial charge is 0.457 e. The number of carbonyl (C=O) groups excluding carboxylic acids is 1. The van der Waals surface area contributed by atoms with Crippen LogP contribution in [0.3, 0.4) is 0 Å². The highest BCUT2D eigenvalue weighted by Crippen LogP contribution is 2.31. The average molecular weight is 465 g/mol. The minimum Gasteiger partial charge on any atom is -0.457 e. The van der Waals surface area contributed by atoms with E-state index in [-0.39, 0.29) is 24.7 Å². The maximum absolute atomic E-state index is 11.8. The molecule has 0 amide bonds. The Morgan fingerprint density at radius 3 is 2.59 bits per heavy atom. The van der Waals surface area contributed by atoms with Gasteiger partial charge in [0, 0.05) is 50.0 Å². The van der Waals surface area contributed by atoms with Crippen molar-refractivity contribution in [3.63, 3.8) is 0 Å². The fourth-order valence-corrected chi connectivity index (χ4v) is 5.30. The van der Waals surface area contributed by atoms with Gasteiger partial charge in [0.05, 0.1) is 36.1 Å². The van der Waals surface area contributed by atoms with Crippen LogP contribution in [0.5, 0.6) is 0 Å². The predicted octanol–water partition coefficient (Wildman–Crippen LogP) is 1.08. The third-order valence-corrected chi connectivity index (χ3v) is 7.14. The molecule has 3 aliphatic rings. The summed E-state index contributed by atoms with van der Waals surface area (Å²) in [5, 5.41) is 30.7. The van der Waals surface area contributed by atoms with Gasteiger partial charge in [-0.05, 0) is 36.2 Å². The van der Waals surface area contributed by atoms with E-state index in [4.69, 9.17) is 14.7 Å². The molecule has 0 saturated carbocycles. The van der Waals surface area contributed by atoms with Gasteiger partial charge in [-0.1, -0.05) is 6.07 Å². The van der Waals surface area contributed by atoms with E-state index in [9.17, 15) is 15.0 Å². The molecule has 2 bridgehead atoms. The number of nitriles is 1. The van der Waals surface area contributed by atoms with Crippen molar-refractivity contribution in [2.24, 2.45) is 0 Å². The van der Waals surface area contributed by atoms with E-state index in [1.54, 1.807) is 18.2 Å². The summed E-state index contributed by atoms with van der Waals surface area (Å²) in [5.74, 6) is -0.305. The van der Waals surface area contributed by atoms with Crippen LogP contribution in [0, 0.1) is 18.3 Å². The second kappa shape index (κ2) is 9.41. The maximum Gasteiger partial charge on any atom is 0.338 e. The van der Waals surface area contributed by atoms with Crippen LogP contribution in [0.1, 0.15) is 50.5 Å². The molecule has 4 atom stereocenters. The summed E-state index contributed by atoms with van der Waals surface area (Å²) < 4.78 is 10.9. The normalized spacial score (nSPS) is 24.2. The monoisotopic (exact) mass is 464 g/mol. The number of aliphatic hydroxyl groups is 2. The summed E-state index contributed by atoms with van der Waals surface area (Å²) in [6.45, 7) is 5.66. The number of rotatable bonds is 6. The van der Waals surface area contributed by atoms with Crippen LogP contribution in [0.2, 0.25) is 0 Å². The molecule has 2 aromatic rings. The molecule has 9 nitrogen and oxygen atoms in total. The number of nitrogens with zero attached hydrogens (tertiary/aromatic N) is 4. The lowest BCUT2D eigenvalue weighted by Gasteiger charge is -2.50. The van der Waals surface area contributed by atoms with Crippen molar-refractivity contribution < 1.29 is 24.5 Å². The number of carbonyl (C=O) groups is 1. The maximum atomic E-state index is 11.8. The Kier molecular flexibility index (Phi) is 6.34. The van der Waals surface area contributed by atoms with Crippen LogP contribution in [0.4, 0.5) is 0 Å². The molecule has 2 N–H and O–H groups in total. The summed E-state index contributed by atoms with van der Waals surface area (Å²) in [6.07, 6.45) is 0.0401. The van der Waals surface area contributed by atoms with Gasteiger partial charge in [-0.15, -0.1) is 0 Å². The Balaban J connectivity index is 1.25. The molecule has 34 heavy (non-hydrogen) atoms. The molecule has 3 unspecified atom stereocenters. The minimum absolute atomic E-state index is 0.0999. The lowest BCUT2D eigenvalue weighted by molar-refractivity contribution is -0.113. The molecule has 2 fully saturated rings. The van der Waals surface area contributed by atoms with E-state index in [0.717, 1.165) is 16.7 Å². The van der Waals surface area contributed by atoms with Crippen molar-refractivity contribution in [3.8, 4) is 6.07 Å². The number of ether oxygens (including phenoxy) is 2. The predicted molar refractivity (Wildman–Crippen MR) is 121 cm³/mol. The second-order valence-electron chi connectivity index (χ2n) is 9.26. The molecule has 2 saturated heterocycles. The highest BCUT2D eigenvalue weighted by Gasteiger charge is 2.40. The van der Waals surface area contributed by atoms with Crippen molar-refractivity contribution in [2.45, 2.75) is 37.8 Å². The molecule has 0 spiro atoms.